The van der Waals surface area contributed by atoms with Gasteiger partial charge in [0.1, 0.15) is 18.1 Å². The highest BCUT2D eigenvalue weighted by molar-refractivity contribution is 6.31. The monoisotopic (exact) mass is 374 g/mol. The maximum Gasteiger partial charge on any atom is 0.513 e. The third kappa shape index (κ3) is 4.13. The van der Waals surface area contributed by atoms with E-state index in [2.05, 4.69) is 17.7 Å². The number of hydrogen-bond acceptors (Lipinski definition) is 4. The molecule has 0 bridgehead atoms. The zero-order valence-electron chi connectivity index (χ0n) is 15.3. The van der Waals surface area contributed by atoms with Crippen molar-refractivity contribution in [1.29, 1.82) is 0 Å². The summed E-state index contributed by atoms with van der Waals surface area (Å²) < 4.78 is 16.0. The minimum atomic E-state index is -0.739. The van der Waals surface area contributed by atoms with Gasteiger partial charge >= 0.3 is 6.16 Å². The average molecular weight is 375 g/mol. The molecule has 0 saturated heterocycles. The molecule has 26 heavy (non-hydrogen) atoms. The van der Waals surface area contributed by atoms with Crippen LogP contribution in [0.25, 0.3) is 0 Å². The van der Waals surface area contributed by atoms with E-state index in [1.807, 2.05) is 25.1 Å². The third-order valence-electron chi connectivity index (χ3n) is 4.65. The van der Waals surface area contributed by atoms with Gasteiger partial charge in [-0.1, -0.05) is 36.7 Å². The van der Waals surface area contributed by atoms with Gasteiger partial charge in [-0.25, -0.2) is 4.79 Å². The first-order valence-corrected chi connectivity index (χ1v) is 9.20. The lowest BCUT2D eigenvalue weighted by Gasteiger charge is -2.17. The second-order valence-corrected chi connectivity index (χ2v) is 6.91. The molecule has 1 aliphatic carbocycles. The van der Waals surface area contributed by atoms with Crippen molar-refractivity contribution in [3.63, 3.8) is 0 Å². The van der Waals surface area contributed by atoms with Gasteiger partial charge in [0.25, 0.3) is 0 Å². The van der Waals surface area contributed by atoms with E-state index in [0.29, 0.717) is 23.3 Å². The average Bonchev–Trinajstić information content (AvgIpc) is 3.47. The molecule has 0 radical (unpaired) electrons. The second kappa shape index (κ2) is 8.00. The molecule has 1 fully saturated rings. The predicted octanol–water partition coefficient (Wildman–Crippen LogP) is 5.81. The van der Waals surface area contributed by atoms with Crippen molar-refractivity contribution in [1.82, 2.24) is 0 Å². The van der Waals surface area contributed by atoms with Crippen molar-refractivity contribution in [3.05, 3.63) is 57.6 Å². The first-order chi connectivity index (χ1) is 12.5. The van der Waals surface area contributed by atoms with E-state index in [9.17, 15) is 4.79 Å². The van der Waals surface area contributed by atoms with Gasteiger partial charge in [0, 0.05) is 10.6 Å². The summed E-state index contributed by atoms with van der Waals surface area (Å²) in [5.41, 5.74) is 4.18. The second-order valence-electron chi connectivity index (χ2n) is 6.51. The normalized spacial score (nSPS) is 13.4. The molecule has 0 N–H and O–H groups in total. The van der Waals surface area contributed by atoms with Crippen LogP contribution in [0, 0.1) is 6.92 Å². The Morgan fingerprint density at radius 3 is 2.65 bits per heavy atom. The van der Waals surface area contributed by atoms with Gasteiger partial charge in [0.05, 0.1) is 7.11 Å². The predicted molar refractivity (Wildman–Crippen MR) is 101 cm³/mol. The minimum absolute atomic E-state index is 0.301. The number of benzene rings is 2. The van der Waals surface area contributed by atoms with Crippen LogP contribution in [0.1, 0.15) is 47.9 Å². The van der Waals surface area contributed by atoms with E-state index < -0.39 is 6.16 Å². The van der Waals surface area contributed by atoms with Gasteiger partial charge in [-0.2, -0.15) is 0 Å². The number of aryl methyl sites for hydroxylation is 2. The SMILES string of the molecule is CCc1cccc(OC(=O)OC)c1COc1cc(Cl)c(C)cc1C1CC1. The molecule has 0 aromatic heterocycles. The Kier molecular flexibility index (Phi) is 5.72. The van der Waals surface area contributed by atoms with E-state index in [4.69, 9.17) is 21.1 Å². The topological polar surface area (TPSA) is 44.8 Å². The molecule has 2 aromatic carbocycles. The Hall–Kier alpha value is -2.20. The van der Waals surface area contributed by atoms with Gasteiger partial charge in [0.2, 0.25) is 0 Å². The van der Waals surface area contributed by atoms with E-state index in [0.717, 1.165) is 28.9 Å². The van der Waals surface area contributed by atoms with Gasteiger partial charge in [-0.05, 0) is 60.9 Å². The Morgan fingerprint density at radius 2 is 2.00 bits per heavy atom. The van der Waals surface area contributed by atoms with Gasteiger partial charge < -0.3 is 14.2 Å². The van der Waals surface area contributed by atoms with Gasteiger partial charge in [-0.3, -0.25) is 0 Å². The molecule has 2 aromatic rings. The highest BCUT2D eigenvalue weighted by atomic mass is 35.5. The smallest absolute Gasteiger partial charge is 0.488 e. The summed E-state index contributed by atoms with van der Waals surface area (Å²) >= 11 is 6.30. The van der Waals surface area contributed by atoms with Crippen LogP contribution < -0.4 is 9.47 Å². The summed E-state index contributed by atoms with van der Waals surface area (Å²) in [4.78, 5) is 11.5. The quantitative estimate of drug-likeness (QED) is 0.472. The Balaban J connectivity index is 1.88. The van der Waals surface area contributed by atoms with Crippen molar-refractivity contribution in [3.8, 4) is 11.5 Å². The molecule has 3 rings (SSSR count). The van der Waals surface area contributed by atoms with Crippen LogP contribution in [-0.2, 0) is 17.8 Å². The first-order valence-electron chi connectivity index (χ1n) is 8.82. The summed E-state index contributed by atoms with van der Waals surface area (Å²) in [5, 5.41) is 0.694. The molecule has 5 heteroatoms. The molecule has 0 atom stereocenters. The standard InChI is InChI=1S/C21H23ClO4/c1-4-14-6-5-7-19(26-21(23)24-3)17(14)12-25-20-11-18(22)13(2)10-16(20)15-8-9-15/h5-7,10-11,15H,4,8-9,12H2,1-3H3. The first kappa shape index (κ1) is 18.6. The molecule has 0 spiro atoms. The lowest BCUT2D eigenvalue weighted by molar-refractivity contribution is 0.120. The summed E-state index contributed by atoms with van der Waals surface area (Å²) in [7, 11) is 1.29. The third-order valence-corrected chi connectivity index (χ3v) is 5.06. The number of carbonyl (C=O) groups excluding carboxylic acids is 1. The maximum absolute atomic E-state index is 11.5. The zero-order chi connectivity index (χ0) is 18.7. The summed E-state index contributed by atoms with van der Waals surface area (Å²) in [6, 6.07) is 9.62. The molecule has 1 saturated carbocycles. The number of carbonyl (C=O) groups is 1. The molecule has 0 heterocycles. The Bertz CT molecular complexity index is 812. The van der Waals surface area contributed by atoms with Crippen LogP contribution in [0.15, 0.2) is 30.3 Å². The molecule has 1 aliphatic rings. The lowest BCUT2D eigenvalue weighted by atomic mass is 10.0. The summed E-state index contributed by atoms with van der Waals surface area (Å²) in [6.45, 7) is 4.36. The van der Waals surface area contributed by atoms with E-state index >= 15 is 0 Å². The highest BCUT2D eigenvalue weighted by Crippen LogP contribution is 2.46. The van der Waals surface area contributed by atoms with Crippen LogP contribution in [-0.4, -0.2) is 13.3 Å². The van der Waals surface area contributed by atoms with Crippen LogP contribution in [0.4, 0.5) is 4.79 Å². The van der Waals surface area contributed by atoms with Crippen molar-refractivity contribution in [2.75, 3.05) is 7.11 Å². The number of hydrogen-bond donors (Lipinski definition) is 0. The fourth-order valence-electron chi connectivity index (χ4n) is 3.01. The number of halogens is 1. The molecule has 0 unspecified atom stereocenters. The zero-order valence-corrected chi connectivity index (χ0v) is 16.1. The largest absolute Gasteiger partial charge is 0.513 e. The Morgan fingerprint density at radius 1 is 1.23 bits per heavy atom. The molecule has 0 aliphatic heterocycles. The fourth-order valence-corrected chi connectivity index (χ4v) is 3.16. The number of rotatable bonds is 6. The number of ether oxygens (including phenoxy) is 3. The van der Waals surface area contributed by atoms with Crippen molar-refractivity contribution in [2.24, 2.45) is 0 Å². The minimum Gasteiger partial charge on any atom is -0.488 e. The summed E-state index contributed by atoms with van der Waals surface area (Å²) in [5.74, 6) is 1.81. The fraction of sp³-hybridized carbons (Fsp3) is 0.381. The van der Waals surface area contributed by atoms with Crippen LogP contribution in [0.2, 0.25) is 5.02 Å². The van der Waals surface area contributed by atoms with Gasteiger partial charge in [0.15, 0.2) is 0 Å². The van der Waals surface area contributed by atoms with Crippen LogP contribution in [0.5, 0.6) is 11.5 Å². The van der Waals surface area contributed by atoms with E-state index in [1.165, 1.54) is 25.5 Å². The van der Waals surface area contributed by atoms with Gasteiger partial charge in [-0.15, -0.1) is 0 Å². The molecule has 0 amide bonds. The van der Waals surface area contributed by atoms with Crippen molar-refractivity contribution in [2.45, 2.75) is 45.6 Å². The summed E-state index contributed by atoms with van der Waals surface area (Å²) in [6.07, 6.45) is 2.43. The molecule has 138 valence electrons. The van der Waals surface area contributed by atoms with Crippen molar-refractivity contribution >= 4 is 17.8 Å². The highest BCUT2D eigenvalue weighted by Gasteiger charge is 2.28. The number of methoxy groups -OCH3 is 1. The molecule has 4 nitrogen and oxygen atoms in total. The van der Waals surface area contributed by atoms with E-state index in [-0.39, 0.29) is 0 Å². The van der Waals surface area contributed by atoms with E-state index in [1.54, 1.807) is 6.07 Å². The molecular formula is C21H23ClO4. The maximum atomic E-state index is 11.5. The lowest BCUT2D eigenvalue weighted by Crippen LogP contribution is -2.11. The van der Waals surface area contributed by atoms with Crippen LogP contribution in [0.3, 0.4) is 0 Å². The molecular weight excluding hydrogens is 352 g/mol. The van der Waals surface area contributed by atoms with Crippen molar-refractivity contribution < 1.29 is 19.0 Å². The van der Waals surface area contributed by atoms with Crippen LogP contribution >= 0.6 is 11.6 Å². The Labute approximate surface area is 159 Å².